The van der Waals surface area contributed by atoms with Crippen molar-refractivity contribution in [1.29, 1.82) is 0 Å². The smallest absolute Gasteiger partial charge is 0.0662 e. The van der Waals surface area contributed by atoms with Gasteiger partial charge in [-0.3, -0.25) is 4.68 Å². The highest BCUT2D eigenvalue weighted by Crippen LogP contribution is 2.14. The zero-order valence-corrected chi connectivity index (χ0v) is 12.6. The summed E-state index contributed by atoms with van der Waals surface area (Å²) < 4.78 is 7.43. The highest BCUT2D eigenvalue weighted by molar-refractivity contribution is 5.24. The number of aromatic nitrogens is 2. The van der Waals surface area contributed by atoms with Crippen molar-refractivity contribution in [2.45, 2.75) is 60.2 Å². The predicted molar refractivity (Wildman–Crippen MR) is 74.8 cm³/mol. The number of rotatable bonds is 6. The molecule has 0 aromatic carbocycles. The molecule has 18 heavy (non-hydrogen) atoms. The summed E-state index contributed by atoms with van der Waals surface area (Å²) in [5.74, 6) is 0. The minimum Gasteiger partial charge on any atom is -0.380 e. The molecule has 0 aliphatic heterocycles. The fourth-order valence-corrected chi connectivity index (χ4v) is 1.86. The second kappa shape index (κ2) is 6.34. The predicted octanol–water partition coefficient (Wildman–Crippen LogP) is 2.42. The van der Waals surface area contributed by atoms with Crippen molar-refractivity contribution in [3.8, 4) is 0 Å². The Morgan fingerprint density at radius 1 is 1.28 bits per heavy atom. The number of nitrogens with one attached hydrogen (secondary N) is 1. The maximum atomic E-state index is 5.38. The minimum absolute atomic E-state index is 0.131. The van der Waals surface area contributed by atoms with E-state index in [0.29, 0.717) is 0 Å². The van der Waals surface area contributed by atoms with E-state index in [2.05, 4.69) is 45.0 Å². The molecular formula is C14H27N3O. The third-order valence-electron chi connectivity index (χ3n) is 2.98. The molecule has 4 heteroatoms. The standard InChI is InChI=1S/C14H27N3O/c1-7-18-9-8-17-12(3)13(11(2)16-17)10-15-14(4,5)6/h15H,7-10H2,1-6H3. The third kappa shape index (κ3) is 4.42. The lowest BCUT2D eigenvalue weighted by atomic mass is 10.1. The van der Waals surface area contributed by atoms with Gasteiger partial charge >= 0.3 is 0 Å². The van der Waals surface area contributed by atoms with Crippen LogP contribution in [0, 0.1) is 13.8 Å². The first-order chi connectivity index (χ1) is 8.35. The fourth-order valence-electron chi connectivity index (χ4n) is 1.86. The monoisotopic (exact) mass is 253 g/mol. The molecule has 1 N–H and O–H groups in total. The van der Waals surface area contributed by atoms with E-state index in [-0.39, 0.29) is 5.54 Å². The summed E-state index contributed by atoms with van der Waals surface area (Å²) in [5.41, 5.74) is 3.79. The second-order valence-electron chi connectivity index (χ2n) is 5.67. The SMILES string of the molecule is CCOCCn1nc(C)c(CNC(C)(C)C)c1C. The van der Waals surface area contributed by atoms with Gasteiger partial charge in [0.15, 0.2) is 0 Å². The Kier molecular flexibility index (Phi) is 5.35. The van der Waals surface area contributed by atoms with E-state index in [1.807, 2.05) is 11.6 Å². The van der Waals surface area contributed by atoms with Crippen LogP contribution < -0.4 is 5.32 Å². The van der Waals surface area contributed by atoms with Crippen LogP contribution in [-0.4, -0.2) is 28.5 Å². The Balaban J connectivity index is 2.68. The van der Waals surface area contributed by atoms with Crippen LogP contribution in [0.4, 0.5) is 0 Å². The van der Waals surface area contributed by atoms with Crippen molar-refractivity contribution >= 4 is 0 Å². The summed E-state index contributed by atoms with van der Waals surface area (Å²) in [6, 6.07) is 0. The van der Waals surface area contributed by atoms with E-state index in [4.69, 9.17) is 4.74 Å². The van der Waals surface area contributed by atoms with Gasteiger partial charge in [0.1, 0.15) is 0 Å². The Morgan fingerprint density at radius 3 is 2.50 bits per heavy atom. The van der Waals surface area contributed by atoms with Crippen LogP contribution in [0.5, 0.6) is 0 Å². The van der Waals surface area contributed by atoms with Crippen molar-refractivity contribution in [3.63, 3.8) is 0 Å². The molecule has 1 aromatic rings. The van der Waals surface area contributed by atoms with Gasteiger partial charge in [0.2, 0.25) is 0 Å². The summed E-state index contributed by atoms with van der Waals surface area (Å²) in [5, 5.41) is 8.10. The normalized spacial score (nSPS) is 12.1. The maximum absolute atomic E-state index is 5.38. The Labute approximate surface area is 111 Å². The molecular weight excluding hydrogens is 226 g/mol. The van der Waals surface area contributed by atoms with Crippen LogP contribution in [0.15, 0.2) is 0 Å². The van der Waals surface area contributed by atoms with E-state index in [0.717, 1.165) is 32.0 Å². The molecule has 0 amide bonds. The van der Waals surface area contributed by atoms with Gasteiger partial charge in [-0.1, -0.05) is 0 Å². The molecule has 0 aliphatic carbocycles. The number of hydrogen-bond acceptors (Lipinski definition) is 3. The van der Waals surface area contributed by atoms with Crippen molar-refractivity contribution in [1.82, 2.24) is 15.1 Å². The van der Waals surface area contributed by atoms with Crippen molar-refractivity contribution in [3.05, 3.63) is 17.0 Å². The van der Waals surface area contributed by atoms with Crippen LogP contribution >= 0.6 is 0 Å². The van der Waals surface area contributed by atoms with E-state index < -0.39 is 0 Å². The van der Waals surface area contributed by atoms with Crippen molar-refractivity contribution < 1.29 is 4.74 Å². The molecule has 0 spiro atoms. The third-order valence-corrected chi connectivity index (χ3v) is 2.98. The highest BCUT2D eigenvalue weighted by atomic mass is 16.5. The molecule has 0 atom stereocenters. The van der Waals surface area contributed by atoms with Gasteiger partial charge in [-0.25, -0.2) is 0 Å². The van der Waals surface area contributed by atoms with E-state index >= 15 is 0 Å². The number of aryl methyl sites for hydroxylation is 1. The van der Waals surface area contributed by atoms with E-state index in [1.54, 1.807) is 0 Å². The van der Waals surface area contributed by atoms with Crippen LogP contribution in [0.25, 0.3) is 0 Å². The molecule has 0 aliphatic rings. The largest absolute Gasteiger partial charge is 0.380 e. The topological polar surface area (TPSA) is 39.1 Å². The number of nitrogens with zero attached hydrogens (tertiary/aromatic N) is 2. The molecule has 4 nitrogen and oxygen atoms in total. The molecule has 0 saturated heterocycles. The molecule has 0 bridgehead atoms. The molecule has 1 aromatic heterocycles. The summed E-state index contributed by atoms with van der Waals surface area (Å²) in [6.45, 7) is 15.9. The molecule has 0 unspecified atom stereocenters. The number of ether oxygens (including phenoxy) is 1. The zero-order valence-electron chi connectivity index (χ0n) is 12.6. The second-order valence-corrected chi connectivity index (χ2v) is 5.67. The van der Waals surface area contributed by atoms with Gasteiger partial charge in [0.25, 0.3) is 0 Å². The highest BCUT2D eigenvalue weighted by Gasteiger charge is 2.14. The first-order valence-electron chi connectivity index (χ1n) is 6.71. The van der Waals surface area contributed by atoms with Crippen molar-refractivity contribution in [2.75, 3.05) is 13.2 Å². The Bertz CT molecular complexity index is 377. The lowest BCUT2D eigenvalue weighted by molar-refractivity contribution is 0.135. The molecule has 0 saturated carbocycles. The summed E-state index contributed by atoms with van der Waals surface area (Å²) >= 11 is 0. The first kappa shape index (κ1) is 15.2. The van der Waals surface area contributed by atoms with Gasteiger partial charge < -0.3 is 10.1 Å². The summed E-state index contributed by atoms with van der Waals surface area (Å²) in [7, 11) is 0. The Morgan fingerprint density at radius 2 is 1.94 bits per heavy atom. The van der Waals surface area contributed by atoms with Crippen molar-refractivity contribution in [2.24, 2.45) is 0 Å². The van der Waals surface area contributed by atoms with Crippen LogP contribution in [0.3, 0.4) is 0 Å². The van der Waals surface area contributed by atoms with Gasteiger partial charge in [-0.2, -0.15) is 5.10 Å². The first-order valence-corrected chi connectivity index (χ1v) is 6.71. The quantitative estimate of drug-likeness (QED) is 0.791. The molecule has 0 radical (unpaired) electrons. The van der Waals surface area contributed by atoms with Gasteiger partial charge in [0, 0.05) is 29.9 Å². The lowest BCUT2D eigenvalue weighted by Gasteiger charge is -2.20. The van der Waals surface area contributed by atoms with Gasteiger partial charge in [-0.15, -0.1) is 0 Å². The zero-order chi connectivity index (χ0) is 13.8. The van der Waals surface area contributed by atoms with E-state index in [1.165, 1.54) is 11.3 Å². The maximum Gasteiger partial charge on any atom is 0.0662 e. The number of hydrogen-bond donors (Lipinski definition) is 1. The van der Waals surface area contributed by atoms with Crippen LogP contribution in [0.1, 0.15) is 44.6 Å². The lowest BCUT2D eigenvalue weighted by Crippen LogP contribution is -2.35. The minimum atomic E-state index is 0.131. The average Bonchev–Trinajstić information content (AvgIpc) is 2.51. The van der Waals surface area contributed by atoms with Crippen LogP contribution in [-0.2, 0) is 17.8 Å². The summed E-state index contributed by atoms with van der Waals surface area (Å²) in [4.78, 5) is 0. The molecule has 1 heterocycles. The molecule has 104 valence electrons. The summed E-state index contributed by atoms with van der Waals surface area (Å²) in [6.07, 6.45) is 0. The molecule has 0 fully saturated rings. The van der Waals surface area contributed by atoms with Gasteiger partial charge in [-0.05, 0) is 41.5 Å². The average molecular weight is 253 g/mol. The fraction of sp³-hybridized carbons (Fsp3) is 0.786. The Hall–Kier alpha value is -0.870. The van der Waals surface area contributed by atoms with E-state index in [9.17, 15) is 0 Å². The molecule has 1 rings (SSSR count). The van der Waals surface area contributed by atoms with Crippen LogP contribution in [0.2, 0.25) is 0 Å². The van der Waals surface area contributed by atoms with Gasteiger partial charge in [0.05, 0.1) is 18.8 Å².